The lowest BCUT2D eigenvalue weighted by Crippen LogP contribution is -2.27. The van der Waals surface area contributed by atoms with Gasteiger partial charge in [-0.3, -0.25) is 4.79 Å². The van der Waals surface area contributed by atoms with Crippen molar-refractivity contribution >= 4 is 29.4 Å². The number of carbonyl (C=O) groups is 1. The number of carbonyl (C=O) groups excluding carboxylic acids is 1. The maximum absolute atomic E-state index is 11.8. The molecule has 2 aromatic rings. The molecule has 0 radical (unpaired) electrons. The smallest absolute Gasteiger partial charge is 0.230 e. The summed E-state index contributed by atoms with van der Waals surface area (Å²) in [6, 6.07) is 16.7. The third kappa shape index (κ3) is 6.71. The lowest BCUT2D eigenvalue weighted by Gasteiger charge is -2.07. The molecule has 0 fully saturated rings. The molecule has 0 saturated heterocycles. The van der Waals surface area contributed by atoms with E-state index < -0.39 is 0 Å². The monoisotopic (exact) mass is 345 g/mol. The highest BCUT2D eigenvalue weighted by molar-refractivity contribution is 8.00. The maximum atomic E-state index is 11.8. The van der Waals surface area contributed by atoms with Gasteiger partial charge in [0, 0.05) is 22.9 Å². The Bertz CT molecular complexity index is 626. The van der Waals surface area contributed by atoms with Gasteiger partial charge in [-0.15, -0.1) is 11.8 Å². The average molecular weight is 346 g/mol. The van der Waals surface area contributed by atoms with Gasteiger partial charge in [0.2, 0.25) is 5.91 Å². The van der Waals surface area contributed by atoms with Crippen molar-refractivity contribution in [3.05, 3.63) is 65.2 Å². The lowest BCUT2D eigenvalue weighted by molar-refractivity contribution is -0.118. The Morgan fingerprint density at radius 3 is 2.52 bits per heavy atom. The predicted octanol–water partition coefficient (Wildman–Crippen LogP) is 4.45. The van der Waals surface area contributed by atoms with Gasteiger partial charge in [-0.05, 0) is 37.1 Å². The minimum absolute atomic E-state index is 0.104. The zero-order valence-electron chi connectivity index (χ0n) is 13.7. The first-order valence-corrected chi connectivity index (χ1v) is 9.87. The van der Waals surface area contributed by atoms with E-state index in [0.717, 1.165) is 22.9 Å². The van der Waals surface area contributed by atoms with Crippen molar-refractivity contribution in [3.63, 3.8) is 0 Å². The average Bonchev–Trinajstić information content (AvgIpc) is 2.55. The van der Waals surface area contributed by atoms with Crippen LogP contribution in [0.1, 0.15) is 16.7 Å². The standard InChI is InChI=1S/C19H23NOS2/c1-15-7-9-18(10-8-15)23-14-19(21)20-11-12-22-13-17-6-4-3-5-16(17)2/h3-10H,11-14H2,1-2H3,(H,20,21). The molecular formula is C19H23NOS2. The van der Waals surface area contributed by atoms with Crippen LogP contribution in [-0.4, -0.2) is 24.0 Å². The summed E-state index contributed by atoms with van der Waals surface area (Å²) in [5, 5.41) is 2.98. The first kappa shape index (κ1) is 18.0. The highest BCUT2D eigenvalue weighted by atomic mass is 32.2. The van der Waals surface area contributed by atoms with Crippen molar-refractivity contribution in [2.75, 3.05) is 18.1 Å². The van der Waals surface area contributed by atoms with Crippen LogP contribution in [0.4, 0.5) is 0 Å². The fourth-order valence-electron chi connectivity index (χ4n) is 2.05. The fraction of sp³-hybridized carbons (Fsp3) is 0.316. The highest BCUT2D eigenvalue weighted by Crippen LogP contribution is 2.18. The molecule has 0 aliphatic heterocycles. The van der Waals surface area contributed by atoms with E-state index in [1.807, 2.05) is 11.8 Å². The molecule has 0 saturated carbocycles. The third-order valence-electron chi connectivity index (χ3n) is 3.48. The molecule has 2 aromatic carbocycles. The van der Waals surface area contributed by atoms with Crippen LogP contribution in [0.3, 0.4) is 0 Å². The van der Waals surface area contributed by atoms with E-state index in [-0.39, 0.29) is 5.91 Å². The third-order valence-corrected chi connectivity index (χ3v) is 5.50. The van der Waals surface area contributed by atoms with E-state index in [1.165, 1.54) is 16.7 Å². The molecule has 0 spiro atoms. The number of nitrogens with one attached hydrogen (secondary N) is 1. The number of hydrogen-bond donors (Lipinski definition) is 1. The van der Waals surface area contributed by atoms with Gasteiger partial charge in [0.15, 0.2) is 0 Å². The van der Waals surface area contributed by atoms with Crippen molar-refractivity contribution < 1.29 is 4.79 Å². The van der Waals surface area contributed by atoms with Crippen molar-refractivity contribution in [1.82, 2.24) is 5.32 Å². The van der Waals surface area contributed by atoms with Gasteiger partial charge in [-0.2, -0.15) is 11.8 Å². The number of thioether (sulfide) groups is 2. The molecule has 1 amide bonds. The molecule has 122 valence electrons. The molecule has 23 heavy (non-hydrogen) atoms. The summed E-state index contributed by atoms with van der Waals surface area (Å²) >= 11 is 3.44. The number of rotatable bonds is 8. The van der Waals surface area contributed by atoms with Crippen molar-refractivity contribution in [2.45, 2.75) is 24.5 Å². The molecule has 0 aliphatic rings. The van der Waals surface area contributed by atoms with E-state index in [4.69, 9.17) is 0 Å². The zero-order valence-corrected chi connectivity index (χ0v) is 15.3. The summed E-state index contributed by atoms with van der Waals surface area (Å²) in [4.78, 5) is 13.0. The highest BCUT2D eigenvalue weighted by Gasteiger charge is 2.03. The van der Waals surface area contributed by atoms with Crippen molar-refractivity contribution in [2.24, 2.45) is 0 Å². The van der Waals surface area contributed by atoms with Crippen LogP contribution in [0.5, 0.6) is 0 Å². The Balaban J connectivity index is 1.58. The Morgan fingerprint density at radius 1 is 1.04 bits per heavy atom. The number of amides is 1. The van der Waals surface area contributed by atoms with Gasteiger partial charge in [0.05, 0.1) is 5.75 Å². The summed E-state index contributed by atoms with van der Waals surface area (Å²) < 4.78 is 0. The Morgan fingerprint density at radius 2 is 1.78 bits per heavy atom. The summed E-state index contributed by atoms with van der Waals surface area (Å²) in [7, 11) is 0. The van der Waals surface area contributed by atoms with Gasteiger partial charge < -0.3 is 5.32 Å². The van der Waals surface area contributed by atoms with E-state index in [9.17, 15) is 4.79 Å². The lowest BCUT2D eigenvalue weighted by atomic mass is 10.1. The van der Waals surface area contributed by atoms with E-state index in [1.54, 1.807) is 11.8 Å². The minimum atomic E-state index is 0.104. The summed E-state index contributed by atoms with van der Waals surface area (Å²) in [6.07, 6.45) is 0. The summed E-state index contributed by atoms with van der Waals surface area (Å²) in [5.74, 6) is 2.52. The van der Waals surface area contributed by atoms with Crippen LogP contribution in [-0.2, 0) is 10.5 Å². The topological polar surface area (TPSA) is 29.1 Å². The largest absolute Gasteiger partial charge is 0.355 e. The zero-order chi connectivity index (χ0) is 16.5. The van der Waals surface area contributed by atoms with Gasteiger partial charge in [0.1, 0.15) is 0 Å². The van der Waals surface area contributed by atoms with E-state index in [0.29, 0.717) is 5.75 Å². The molecule has 1 N–H and O–H groups in total. The Labute approximate surface area is 147 Å². The molecule has 0 atom stereocenters. The summed E-state index contributed by atoms with van der Waals surface area (Å²) in [6.45, 7) is 4.93. The first-order valence-electron chi connectivity index (χ1n) is 7.73. The molecule has 0 bridgehead atoms. The molecule has 0 aliphatic carbocycles. The number of benzene rings is 2. The first-order chi connectivity index (χ1) is 11.1. The summed E-state index contributed by atoms with van der Waals surface area (Å²) in [5.41, 5.74) is 3.95. The second-order valence-corrected chi connectivity index (χ2v) is 7.58. The van der Waals surface area contributed by atoms with Gasteiger partial charge in [-0.25, -0.2) is 0 Å². The van der Waals surface area contributed by atoms with Gasteiger partial charge in [-0.1, -0.05) is 42.0 Å². The Hall–Kier alpha value is -1.39. The maximum Gasteiger partial charge on any atom is 0.230 e. The second-order valence-electron chi connectivity index (χ2n) is 5.43. The molecule has 2 nitrogen and oxygen atoms in total. The number of aryl methyl sites for hydroxylation is 2. The van der Waals surface area contributed by atoms with Crippen molar-refractivity contribution in [1.29, 1.82) is 0 Å². The Kier molecular flexibility index (Phi) is 7.56. The van der Waals surface area contributed by atoms with E-state index in [2.05, 4.69) is 67.7 Å². The van der Waals surface area contributed by atoms with Crippen LogP contribution in [0.15, 0.2) is 53.4 Å². The molecular weight excluding hydrogens is 322 g/mol. The molecule has 0 heterocycles. The predicted molar refractivity (Wildman–Crippen MR) is 102 cm³/mol. The fourth-order valence-corrected chi connectivity index (χ4v) is 3.71. The second kappa shape index (κ2) is 9.68. The SMILES string of the molecule is Cc1ccc(SCC(=O)NCCSCc2ccccc2C)cc1. The van der Waals surface area contributed by atoms with Crippen LogP contribution in [0.2, 0.25) is 0 Å². The van der Waals surface area contributed by atoms with Crippen molar-refractivity contribution in [3.8, 4) is 0 Å². The van der Waals surface area contributed by atoms with E-state index >= 15 is 0 Å². The molecule has 2 rings (SSSR count). The molecule has 0 aromatic heterocycles. The van der Waals surface area contributed by atoms with Crippen LogP contribution >= 0.6 is 23.5 Å². The van der Waals surface area contributed by atoms with Gasteiger partial charge >= 0.3 is 0 Å². The van der Waals surface area contributed by atoms with Gasteiger partial charge in [0.25, 0.3) is 0 Å². The normalized spacial score (nSPS) is 10.5. The number of hydrogen-bond acceptors (Lipinski definition) is 3. The molecule has 4 heteroatoms. The molecule has 0 unspecified atom stereocenters. The quantitative estimate of drug-likeness (QED) is 0.566. The van der Waals surface area contributed by atoms with Crippen LogP contribution in [0.25, 0.3) is 0 Å². The van der Waals surface area contributed by atoms with Crippen LogP contribution < -0.4 is 5.32 Å². The van der Waals surface area contributed by atoms with Crippen LogP contribution in [0, 0.1) is 13.8 Å². The minimum Gasteiger partial charge on any atom is -0.355 e.